The van der Waals surface area contributed by atoms with E-state index < -0.39 is 0 Å². The fourth-order valence-corrected chi connectivity index (χ4v) is 3.09. The van der Waals surface area contributed by atoms with E-state index in [0.717, 1.165) is 31.0 Å². The van der Waals surface area contributed by atoms with Crippen molar-refractivity contribution in [3.05, 3.63) is 29.8 Å². The van der Waals surface area contributed by atoms with Crippen LogP contribution in [-0.4, -0.2) is 18.2 Å². The van der Waals surface area contributed by atoms with Crippen LogP contribution in [-0.2, 0) is 0 Å². The summed E-state index contributed by atoms with van der Waals surface area (Å²) in [4.78, 5) is 2.48. The van der Waals surface area contributed by atoms with Gasteiger partial charge in [0, 0.05) is 24.3 Å². The number of hydrogen-bond acceptors (Lipinski definition) is 2. The first-order chi connectivity index (χ1) is 9.26. The monoisotopic (exact) mass is 261 g/mol. The van der Waals surface area contributed by atoms with Gasteiger partial charge in [0.2, 0.25) is 0 Å². The molecule has 0 bridgehead atoms. The van der Waals surface area contributed by atoms with Gasteiger partial charge in [-0.2, -0.15) is 0 Å². The summed E-state index contributed by atoms with van der Waals surface area (Å²) in [6, 6.07) is 8.36. The Bertz CT molecular complexity index is 391. The summed E-state index contributed by atoms with van der Waals surface area (Å²) in [5, 5.41) is 10.2. The van der Waals surface area contributed by atoms with Crippen molar-refractivity contribution in [1.82, 2.24) is 0 Å². The zero-order valence-corrected chi connectivity index (χ0v) is 12.3. The van der Waals surface area contributed by atoms with E-state index in [1.807, 2.05) is 13.0 Å². The summed E-state index contributed by atoms with van der Waals surface area (Å²) in [5.41, 5.74) is 2.34. The lowest BCUT2D eigenvalue weighted by Crippen LogP contribution is -2.25. The largest absolute Gasteiger partial charge is 0.388 e. The molecule has 0 spiro atoms. The van der Waals surface area contributed by atoms with Gasteiger partial charge in [0.05, 0.1) is 6.10 Å². The summed E-state index contributed by atoms with van der Waals surface area (Å²) in [6.45, 7) is 6.60. The molecule has 0 saturated carbocycles. The van der Waals surface area contributed by atoms with Crippen LogP contribution in [0.3, 0.4) is 0 Å². The summed E-state index contributed by atoms with van der Waals surface area (Å²) < 4.78 is 0. The molecule has 0 aliphatic carbocycles. The fraction of sp³-hybridized carbons (Fsp3) is 0.647. The molecule has 2 heteroatoms. The molecule has 2 rings (SSSR count). The van der Waals surface area contributed by atoms with Crippen LogP contribution in [0.4, 0.5) is 5.69 Å². The molecule has 1 aromatic carbocycles. The Morgan fingerprint density at radius 3 is 2.74 bits per heavy atom. The molecule has 0 amide bonds. The van der Waals surface area contributed by atoms with Gasteiger partial charge < -0.3 is 10.0 Å². The number of nitrogens with zero attached hydrogens (tertiary/aromatic N) is 1. The number of aliphatic hydroxyl groups excluding tert-OH is 1. The Kier molecular flexibility index (Phi) is 5.26. The van der Waals surface area contributed by atoms with Crippen molar-refractivity contribution >= 4 is 5.69 Å². The zero-order valence-electron chi connectivity index (χ0n) is 12.3. The van der Waals surface area contributed by atoms with Gasteiger partial charge in [0.15, 0.2) is 0 Å². The molecule has 2 atom stereocenters. The SMILES string of the molecule is CCC1CCCN(c2ccccc2[C@@H](O)CC)CC1. The van der Waals surface area contributed by atoms with Crippen LogP contribution in [0.15, 0.2) is 24.3 Å². The predicted molar refractivity (Wildman–Crippen MR) is 81.5 cm³/mol. The van der Waals surface area contributed by atoms with Gasteiger partial charge in [0.25, 0.3) is 0 Å². The number of para-hydroxylation sites is 1. The molecule has 1 aliphatic heterocycles. The zero-order chi connectivity index (χ0) is 13.7. The normalized spacial score (nSPS) is 22.1. The van der Waals surface area contributed by atoms with E-state index in [2.05, 4.69) is 30.0 Å². The maximum Gasteiger partial charge on any atom is 0.0807 e. The standard InChI is InChI=1S/C17H27NO/c1-3-14-8-7-12-18(13-11-14)16-10-6-5-9-15(16)17(19)4-2/h5-6,9-10,14,17,19H,3-4,7-8,11-13H2,1-2H3/t14?,17-/m0/s1. The minimum absolute atomic E-state index is 0.332. The molecular weight excluding hydrogens is 234 g/mol. The summed E-state index contributed by atoms with van der Waals surface area (Å²) in [5.74, 6) is 0.883. The molecule has 2 nitrogen and oxygen atoms in total. The van der Waals surface area contributed by atoms with Gasteiger partial charge in [-0.25, -0.2) is 0 Å². The van der Waals surface area contributed by atoms with E-state index in [1.54, 1.807) is 0 Å². The second kappa shape index (κ2) is 6.95. The molecule has 0 aromatic heterocycles. The van der Waals surface area contributed by atoms with Gasteiger partial charge >= 0.3 is 0 Å². The van der Waals surface area contributed by atoms with Crippen molar-refractivity contribution in [2.45, 2.75) is 52.1 Å². The smallest absolute Gasteiger partial charge is 0.0807 e. The van der Waals surface area contributed by atoms with Crippen molar-refractivity contribution in [3.63, 3.8) is 0 Å². The van der Waals surface area contributed by atoms with E-state index in [-0.39, 0.29) is 6.10 Å². The molecule has 1 N–H and O–H groups in total. The number of hydrogen-bond donors (Lipinski definition) is 1. The van der Waals surface area contributed by atoms with E-state index in [9.17, 15) is 5.11 Å². The Hall–Kier alpha value is -1.02. The van der Waals surface area contributed by atoms with E-state index in [1.165, 1.54) is 31.4 Å². The number of anilines is 1. The van der Waals surface area contributed by atoms with Crippen LogP contribution < -0.4 is 4.90 Å². The Labute approximate surface area is 117 Å². The minimum atomic E-state index is -0.332. The lowest BCUT2D eigenvalue weighted by Gasteiger charge is -2.27. The molecule has 106 valence electrons. The van der Waals surface area contributed by atoms with Crippen molar-refractivity contribution in [1.29, 1.82) is 0 Å². The second-order valence-corrected chi connectivity index (χ2v) is 5.68. The third-order valence-corrected chi connectivity index (χ3v) is 4.45. The van der Waals surface area contributed by atoms with Crippen LogP contribution in [0.2, 0.25) is 0 Å². The first kappa shape index (κ1) is 14.4. The maximum atomic E-state index is 10.2. The van der Waals surface area contributed by atoms with Crippen LogP contribution in [0.1, 0.15) is 57.6 Å². The lowest BCUT2D eigenvalue weighted by atomic mass is 9.98. The van der Waals surface area contributed by atoms with Gasteiger partial charge in [-0.1, -0.05) is 38.5 Å². The Morgan fingerprint density at radius 2 is 2.00 bits per heavy atom. The average molecular weight is 261 g/mol. The summed E-state index contributed by atoms with van der Waals surface area (Å²) >= 11 is 0. The Morgan fingerprint density at radius 1 is 1.21 bits per heavy atom. The highest BCUT2D eigenvalue weighted by Gasteiger charge is 2.19. The van der Waals surface area contributed by atoms with Gasteiger partial charge in [-0.3, -0.25) is 0 Å². The van der Waals surface area contributed by atoms with E-state index in [0.29, 0.717) is 0 Å². The minimum Gasteiger partial charge on any atom is -0.388 e. The second-order valence-electron chi connectivity index (χ2n) is 5.68. The molecule has 1 aliphatic rings. The van der Waals surface area contributed by atoms with Gasteiger partial charge in [-0.05, 0) is 37.7 Å². The Balaban J connectivity index is 2.17. The number of benzene rings is 1. The molecule has 1 unspecified atom stereocenters. The first-order valence-corrected chi connectivity index (χ1v) is 7.78. The highest BCUT2D eigenvalue weighted by molar-refractivity contribution is 5.54. The first-order valence-electron chi connectivity index (χ1n) is 7.78. The third-order valence-electron chi connectivity index (χ3n) is 4.45. The molecule has 19 heavy (non-hydrogen) atoms. The maximum absolute atomic E-state index is 10.2. The summed E-state index contributed by atoms with van der Waals surface area (Å²) in [6.07, 6.45) is 5.66. The molecule has 1 aromatic rings. The average Bonchev–Trinajstić information content (AvgIpc) is 2.71. The van der Waals surface area contributed by atoms with Gasteiger partial charge in [0.1, 0.15) is 0 Å². The molecular formula is C17H27NO. The topological polar surface area (TPSA) is 23.5 Å². The van der Waals surface area contributed by atoms with Crippen molar-refractivity contribution in [2.24, 2.45) is 5.92 Å². The molecule has 1 fully saturated rings. The van der Waals surface area contributed by atoms with Crippen LogP contribution in [0.5, 0.6) is 0 Å². The number of rotatable bonds is 4. The van der Waals surface area contributed by atoms with Crippen LogP contribution in [0.25, 0.3) is 0 Å². The fourth-order valence-electron chi connectivity index (χ4n) is 3.09. The van der Waals surface area contributed by atoms with E-state index in [4.69, 9.17) is 0 Å². The van der Waals surface area contributed by atoms with Gasteiger partial charge in [-0.15, -0.1) is 0 Å². The van der Waals surface area contributed by atoms with E-state index >= 15 is 0 Å². The van der Waals surface area contributed by atoms with Crippen molar-refractivity contribution in [2.75, 3.05) is 18.0 Å². The molecule has 1 heterocycles. The quantitative estimate of drug-likeness (QED) is 0.880. The highest BCUT2D eigenvalue weighted by atomic mass is 16.3. The number of aliphatic hydroxyl groups is 1. The molecule has 1 saturated heterocycles. The molecule has 0 radical (unpaired) electrons. The lowest BCUT2D eigenvalue weighted by molar-refractivity contribution is 0.174. The van der Waals surface area contributed by atoms with Crippen LogP contribution in [0, 0.1) is 5.92 Å². The highest BCUT2D eigenvalue weighted by Crippen LogP contribution is 2.31. The predicted octanol–water partition coefficient (Wildman–Crippen LogP) is 4.15. The van der Waals surface area contributed by atoms with Crippen molar-refractivity contribution < 1.29 is 5.11 Å². The van der Waals surface area contributed by atoms with Crippen molar-refractivity contribution in [3.8, 4) is 0 Å². The summed E-state index contributed by atoms with van der Waals surface area (Å²) in [7, 11) is 0. The third kappa shape index (κ3) is 3.50. The van der Waals surface area contributed by atoms with Crippen LogP contribution >= 0.6 is 0 Å².